The quantitative estimate of drug-likeness (QED) is 0.455. The molecule has 0 radical (unpaired) electrons. The van der Waals surface area contributed by atoms with Crippen molar-refractivity contribution in [1.82, 2.24) is 9.88 Å². The van der Waals surface area contributed by atoms with E-state index >= 15 is 0 Å². The Labute approximate surface area is 178 Å². The van der Waals surface area contributed by atoms with E-state index in [1.807, 2.05) is 23.1 Å². The Morgan fingerprint density at radius 1 is 1.10 bits per heavy atom. The van der Waals surface area contributed by atoms with E-state index < -0.39 is 0 Å². The molecule has 0 atom stereocenters. The van der Waals surface area contributed by atoms with Gasteiger partial charge in [0.25, 0.3) is 5.91 Å². The summed E-state index contributed by atoms with van der Waals surface area (Å²) in [4.78, 5) is 18.7. The molecule has 0 fully saturated rings. The normalized spacial score (nSPS) is 13.2. The number of hydrazine groups is 1. The van der Waals surface area contributed by atoms with Crippen LogP contribution in [0.5, 0.6) is 11.5 Å². The van der Waals surface area contributed by atoms with Crippen molar-refractivity contribution < 1.29 is 9.53 Å². The van der Waals surface area contributed by atoms with Gasteiger partial charge in [-0.15, -0.1) is 0 Å². The SMILES string of the molecule is NNc1cc(Cl)c(Oc2ccc3c(c2)CCN(Cc2ccncc2)C3=O)c(Cl)c1. The van der Waals surface area contributed by atoms with Crippen LogP contribution in [0.3, 0.4) is 0 Å². The van der Waals surface area contributed by atoms with Gasteiger partial charge in [-0.05, 0) is 60.0 Å². The number of rotatable bonds is 5. The number of amides is 1. The Bertz CT molecular complexity index is 1040. The molecule has 1 aliphatic rings. The van der Waals surface area contributed by atoms with Crippen molar-refractivity contribution in [2.75, 3.05) is 12.0 Å². The van der Waals surface area contributed by atoms with Crippen LogP contribution in [0.2, 0.25) is 10.0 Å². The lowest BCUT2D eigenvalue weighted by molar-refractivity contribution is 0.0727. The number of hydrogen-bond donors (Lipinski definition) is 2. The van der Waals surface area contributed by atoms with Gasteiger partial charge >= 0.3 is 0 Å². The molecule has 0 aliphatic carbocycles. The summed E-state index contributed by atoms with van der Waals surface area (Å²) in [5.74, 6) is 6.30. The van der Waals surface area contributed by atoms with Crippen LogP contribution in [0.4, 0.5) is 5.69 Å². The van der Waals surface area contributed by atoms with Crippen LogP contribution < -0.4 is 16.0 Å². The number of pyridine rings is 1. The number of carbonyl (C=O) groups is 1. The molecule has 0 bridgehead atoms. The topological polar surface area (TPSA) is 80.5 Å². The van der Waals surface area contributed by atoms with Crippen LogP contribution >= 0.6 is 23.2 Å². The van der Waals surface area contributed by atoms with Crippen LogP contribution in [0.25, 0.3) is 0 Å². The Balaban J connectivity index is 1.54. The third kappa shape index (κ3) is 4.15. The van der Waals surface area contributed by atoms with Gasteiger partial charge in [0.2, 0.25) is 0 Å². The van der Waals surface area contributed by atoms with Gasteiger partial charge in [0.05, 0.1) is 15.7 Å². The third-order valence-electron chi connectivity index (χ3n) is 4.75. The molecule has 0 saturated heterocycles. The number of nitrogen functional groups attached to an aromatic ring is 1. The van der Waals surface area contributed by atoms with Crippen molar-refractivity contribution in [2.45, 2.75) is 13.0 Å². The first kappa shape index (κ1) is 19.5. The van der Waals surface area contributed by atoms with Crippen LogP contribution in [-0.2, 0) is 13.0 Å². The predicted octanol–water partition coefficient (Wildman–Crippen LogP) is 4.66. The fourth-order valence-corrected chi connectivity index (χ4v) is 3.86. The minimum Gasteiger partial charge on any atom is -0.454 e. The van der Waals surface area contributed by atoms with E-state index in [2.05, 4.69) is 10.4 Å². The zero-order valence-electron chi connectivity index (χ0n) is 15.4. The number of aromatic nitrogens is 1. The number of ether oxygens (including phenoxy) is 1. The minimum atomic E-state index is 0.00375. The zero-order chi connectivity index (χ0) is 20.4. The Hall–Kier alpha value is -2.80. The van der Waals surface area contributed by atoms with E-state index in [1.54, 1.807) is 36.7 Å². The first-order valence-corrected chi connectivity index (χ1v) is 9.75. The maximum Gasteiger partial charge on any atom is 0.254 e. The van der Waals surface area contributed by atoms with E-state index in [4.69, 9.17) is 33.8 Å². The number of nitrogens with two attached hydrogens (primary N) is 1. The molecule has 8 heteroatoms. The molecule has 2 aromatic carbocycles. The van der Waals surface area contributed by atoms with Crippen molar-refractivity contribution >= 4 is 34.8 Å². The summed E-state index contributed by atoms with van der Waals surface area (Å²) in [7, 11) is 0. The summed E-state index contributed by atoms with van der Waals surface area (Å²) < 4.78 is 5.90. The summed E-state index contributed by atoms with van der Waals surface area (Å²) in [5.41, 5.74) is 5.74. The largest absolute Gasteiger partial charge is 0.454 e. The zero-order valence-corrected chi connectivity index (χ0v) is 16.9. The second-order valence-corrected chi connectivity index (χ2v) is 7.48. The summed E-state index contributed by atoms with van der Waals surface area (Å²) in [5, 5.41) is 0.672. The van der Waals surface area contributed by atoms with E-state index in [1.165, 1.54) is 0 Å². The first-order valence-electron chi connectivity index (χ1n) is 9.00. The molecule has 6 nitrogen and oxygen atoms in total. The Kier molecular flexibility index (Phi) is 5.58. The van der Waals surface area contributed by atoms with Gasteiger partial charge in [-0.2, -0.15) is 0 Å². The van der Waals surface area contributed by atoms with Crippen molar-refractivity contribution in [3.05, 3.63) is 81.6 Å². The molecule has 0 unspecified atom stereocenters. The highest BCUT2D eigenvalue weighted by Crippen LogP contribution is 2.39. The molecule has 0 spiro atoms. The summed E-state index contributed by atoms with van der Waals surface area (Å²) in [6.07, 6.45) is 4.20. The fraction of sp³-hybridized carbons (Fsp3) is 0.143. The maximum absolute atomic E-state index is 12.9. The first-order chi connectivity index (χ1) is 14.0. The Morgan fingerprint density at radius 3 is 2.52 bits per heavy atom. The molecule has 1 aliphatic heterocycles. The van der Waals surface area contributed by atoms with Crippen LogP contribution in [-0.4, -0.2) is 22.3 Å². The highest BCUT2D eigenvalue weighted by atomic mass is 35.5. The molecule has 2 heterocycles. The van der Waals surface area contributed by atoms with Crippen molar-refractivity contribution in [3.8, 4) is 11.5 Å². The molecule has 4 rings (SSSR count). The standard InChI is InChI=1S/C21H18Cl2N4O2/c22-18-10-15(26-24)11-19(23)20(18)29-16-1-2-17-14(9-16)5-8-27(21(17)28)12-13-3-6-25-7-4-13/h1-4,6-7,9-11,26H,5,8,12,24H2. The second kappa shape index (κ2) is 8.29. The van der Waals surface area contributed by atoms with Gasteiger partial charge in [0.1, 0.15) is 5.75 Å². The number of halogens is 2. The number of hydrogen-bond acceptors (Lipinski definition) is 5. The van der Waals surface area contributed by atoms with Crippen molar-refractivity contribution in [3.63, 3.8) is 0 Å². The highest BCUT2D eigenvalue weighted by molar-refractivity contribution is 6.37. The summed E-state index contributed by atoms with van der Waals surface area (Å²) >= 11 is 12.5. The monoisotopic (exact) mass is 428 g/mol. The van der Waals surface area contributed by atoms with E-state index in [0.29, 0.717) is 45.9 Å². The molecule has 148 valence electrons. The molecule has 3 N–H and O–H groups in total. The number of fused-ring (bicyclic) bond motifs is 1. The van der Waals surface area contributed by atoms with Gasteiger partial charge in [0.15, 0.2) is 5.75 Å². The molecule has 1 aromatic heterocycles. The maximum atomic E-state index is 12.9. The lowest BCUT2D eigenvalue weighted by atomic mass is 9.98. The molecular weight excluding hydrogens is 411 g/mol. The molecule has 29 heavy (non-hydrogen) atoms. The minimum absolute atomic E-state index is 0.00375. The number of benzene rings is 2. The van der Waals surface area contributed by atoms with Gasteiger partial charge in [-0.25, -0.2) is 0 Å². The average Bonchev–Trinajstić information content (AvgIpc) is 2.73. The van der Waals surface area contributed by atoms with Crippen molar-refractivity contribution in [2.24, 2.45) is 5.84 Å². The van der Waals surface area contributed by atoms with Crippen LogP contribution in [0.1, 0.15) is 21.5 Å². The van der Waals surface area contributed by atoms with Gasteiger partial charge in [-0.1, -0.05) is 23.2 Å². The smallest absolute Gasteiger partial charge is 0.254 e. The second-order valence-electron chi connectivity index (χ2n) is 6.67. The lowest BCUT2D eigenvalue weighted by Crippen LogP contribution is -2.37. The van der Waals surface area contributed by atoms with E-state index in [-0.39, 0.29) is 5.91 Å². The predicted molar refractivity (Wildman–Crippen MR) is 113 cm³/mol. The molecule has 3 aromatic rings. The average molecular weight is 429 g/mol. The summed E-state index contributed by atoms with van der Waals surface area (Å²) in [6, 6.07) is 12.5. The van der Waals surface area contributed by atoms with E-state index in [0.717, 1.165) is 17.5 Å². The molecule has 1 amide bonds. The third-order valence-corrected chi connectivity index (χ3v) is 5.31. The number of nitrogens with zero attached hydrogens (tertiary/aromatic N) is 2. The Morgan fingerprint density at radius 2 is 1.83 bits per heavy atom. The molecular formula is C21H18Cl2N4O2. The molecule has 0 saturated carbocycles. The van der Waals surface area contributed by atoms with Crippen molar-refractivity contribution in [1.29, 1.82) is 0 Å². The lowest BCUT2D eigenvalue weighted by Gasteiger charge is -2.29. The van der Waals surface area contributed by atoms with Gasteiger partial charge in [0, 0.05) is 31.0 Å². The number of nitrogens with one attached hydrogen (secondary N) is 1. The summed E-state index contributed by atoms with van der Waals surface area (Å²) in [6.45, 7) is 1.20. The highest BCUT2D eigenvalue weighted by Gasteiger charge is 2.25. The number of anilines is 1. The van der Waals surface area contributed by atoms with Crippen LogP contribution in [0.15, 0.2) is 54.9 Å². The van der Waals surface area contributed by atoms with E-state index in [9.17, 15) is 4.79 Å². The number of carbonyl (C=O) groups excluding carboxylic acids is 1. The van der Waals surface area contributed by atoms with Gasteiger partial charge in [-0.3, -0.25) is 15.6 Å². The van der Waals surface area contributed by atoms with Crippen LogP contribution in [0, 0.1) is 0 Å². The van der Waals surface area contributed by atoms with Gasteiger partial charge < -0.3 is 15.1 Å². The fourth-order valence-electron chi connectivity index (χ4n) is 3.29.